The van der Waals surface area contributed by atoms with Crippen molar-refractivity contribution in [3.63, 3.8) is 0 Å². The van der Waals surface area contributed by atoms with Crippen molar-refractivity contribution in [1.82, 2.24) is 4.98 Å². The Labute approximate surface area is 110 Å². The molecule has 0 bridgehead atoms. The number of anilines is 1. The molecule has 1 aromatic carbocycles. The van der Waals surface area contributed by atoms with Gasteiger partial charge in [-0.15, -0.1) is 0 Å². The third-order valence-electron chi connectivity index (χ3n) is 2.81. The second-order valence-corrected chi connectivity index (χ2v) is 4.22. The minimum Gasteiger partial charge on any atom is -0.370 e. The van der Waals surface area contributed by atoms with Gasteiger partial charge in [-0.2, -0.15) is 0 Å². The molecule has 98 valence electrons. The van der Waals surface area contributed by atoms with E-state index in [1.807, 2.05) is 6.92 Å². The molecule has 0 saturated heterocycles. The molecule has 1 unspecified atom stereocenters. The van der Waals surface area contributed by atoms with Crippen molar-refractivity contribution in [3.05, 3.63) is 59.7 Å². The first-order valence-electron chi connectivity index (χ1n) is 5.80. The number of primary amides is 1. The molecule has 1 atom stereocenters. The van der Waals surface area contributed by atoms with E-state index in [0.29, 0.717) is 11.3 Å². The molecule has 2 aromatic rings. The number of halogens is 1. The Balaban J connectivity index is 2.32. The molecule has 1 heterocycles. The van der Waals surface area contributed by atoms with Crippen LogP contribution in [-0.2, 0) is 4.79 Å². The van der Waals surface area contributed by atoms with Crippen molar-refractivity contribution >= 4 is 11.6 Å². The summed E-state index contributed by atoms with van der Waals surface area (Å²) in [4.78, 5) is 15.6. The smallest absolute Gasteiger partial charge is 0.244 e. The maximum Gasteiger partial charge on any atom is 0.244 e. The lowest BCUT2D eigenvalue weighted by Gasteiger charge is -2.18. The van der Waals surface area contributed by atoms with Gasteiger partial charge in [0.15, 0.2) is 0 Å². The minimum atomic E-state index is -0.740. The molecular formula is C14H14FN3O. The van der Waals surface area contributed by atoms with Gasteiger partial charge in [0.05, 0.1) is 0 Å². The third kappa shape index (κ3) is 3.07. The van der Waals surface area contributed by atoms with E-state index in [4.69, 9.17) is 5.73 Å². The van der Waals surface area contributed by atoms with Crippen molar-refractivity contribution in [2.75, 3.05) is 5.32 Å². The summed E-state index contributed by atoms with van der Waals surface area (Å²) < 4.78 is 13.1. The standard InChI is InChI=1S/C14H14FN3O/c1-9-5-6-17-8-12(9)13(14(16)19)18-11-4-2-3-10(15)7-11/h2-8,13,18H,1H3,(H2,16,19). The third-order valence-corrected chi connectivity index (χ3v) is 2.81. The van der Waals surface area contributed by atoms with Gasteiger partial charge in [0.25, 0.3) is 0 Å². The number of nitrogens with zero attached hydrogens (tertiary/aromatic N) is 1. The number of rotatable bonds is 4. The van der Waals surface area contributed by atoms with Gasteiger partial charge in [0, 0.05) is 23.6 Å². The summed E-state index contributed by atoms with van der Waals surface area (Å²) in [7, 11) is 0. The molecule has 2 rings (SSSR count). The number of pyridine rings is 1. The highest BCUT2D eigenvalue weighted by molar-refractivity contribution is 5.84. The van der Waals surface area contributed by atoms with E-state index in [9.17, 15) is 9.18 Å². The summed E-state index contributed by atoms with van der Waals surface area (Å²) in [5.41, 5.74) is 7.46. The van der Waals surface area contributed by atoms with Crippen LogP contribution in [0.15, 0.2) is 42.7 Å². The number of aryl methyl sites for hydroxylation is 1. The Kier molecular flexibility index (Phi) is 3.75. The predicted octanol–water partition coefficient (Wildman–Crippen LogP) is 2.17. The number of hydrogen-bond acceptors (Lipinski definition) is 3. The van der Waals surface area contributed by atoms with E-state index in [2.05, 4.69) is 10.3 Å². The fraction of sp³-hybridized carbons (Fsp3) is 0.143. The first-order chi connectivity index (χ1) is 9.08. The van der Waals surface area contributed by atoms with Gasteiger partial charge in [-0.3, -0.25) is 9.78 Å². The Bertz CT molecular complexity index is 601. The van der Waals surface area contributed by atoms with Crippen LogP contribution < -0.4 is 11.1 Å². The van der Waals surface area contributed by atoms with Crippen LogP contribution in [-0.4, -0.2) is 10.9 Å². The molecule has 5 heteroatoms. The normalized spacial score (nSPS) is 11.9. The Morgan fingerprint density at radius 2 is 2.21 bits per heavy atom. The minimum absolute atomic E-state index is 0.379. The van der Waals surface area contributed by atoms with Crippen molar-refractivity contribution in [3.8, 4) is 0 Å². The van der Waals surface area contributed by atoms with Gasteiger partial charge in [0.2, 0.25) is 5.91 Å². The Hall–Kier alpha value is -2.43. The SMILES string of the molecule is Cc1ccncc1C(Nc1cccc(F)c1)C(N)=O. The predicted molar refractivity (Wildman–Crippen MR) is 70.9 cm³/mol. The van der Waals surface area contributed by atoms with E-state index >= 15 is 0 Å². The van der Waals surface area contributed by atoms with Gasteiger partial charge >= 0.3 is 0 Å². The van der Waals surface area contributed by atoms with Crippen molar-refractivity contribution in [2.24, 2.45) is 5.73 Å². The summed E-state index contributed by atoms with van der Waals surface area (Å²) in [6.07, 6.45) is 3.22. The average molecular weight is 259 g/mol. The van der Waals surface area contributed by atoms with Crippen LogP contribution in [0.1, 0.15) is 17.2 Å². The molecule has 0 aliphatic rings. The molecule has 3 N–H and O–H groups in total. The molecule has 19 heavy (non-hydrogen) atoms. The fourth-order valence-electron chi connectivity index (χ4n) is 1.83. The largest absolute Gasteiger partial charge is 0.370 e. The maximum atomic E-state index is 13.1. The monoisotopic (exact) mass is 259 g/mol. The number of aromatic nitrogens is 1. The number of carbonyl (C=O) groups is 1. The first kappa shape index (κ1) is 13.0. The van der Waals surface area contributed by atoms with Crippen molar-refractivity contribution in [1.29, 1.82) is 0 Å². The quantitative estimate of drug-likeness (QED) is 0.884. The van der Waals surface area contributed by atoms with Crippen LogP contribution >= 0.6 is 0 Å². The summed E-state index contributed by atoms with van der Waals surface area (Å²) in [5.74, 6) is -0.920. The maximum absolute atomic E-state index is 13.1. The summed E-state index contributed by atoms with van der Waals surface area (Å²) in [5, 5.41) is 2.92. The van der Waals surface area contributed by atoms with Gasteiger partial charge < -0.3 is 11.1 Å². The highest BCUT2D eigenvalue weighted by Crippen LogP contribution is 2.21. The molecule has 0 spiro atoms. The summed E-state index contributed by atoms with van der Waals surface area (Å²) >= 11 is 0. The van der Waals surface area contributed by atoms with Gasteiger partial charge in [-0.25, -0.2) is 4.39 Å². The van der Waals surface area contributed by atoms with Gasteiger partial charge in [-0.05, 0) is 36.8 Å². The van der Waals surface area contributed by atoms with Crippen LogP contribution in [0.5, 0.6) is 0 Å². The number of nitrogens with two attached hydrogens (primary N) is 1. The molecular weight excluding hydrogens is 245 g/mol. The lowest BCUT2D eigenvalue weighted by Crippen LogP contribution is -2.28. The lowest BCUT2D eigenvalue weighted by atomic mass is 10.0. The van der Waals surface area contributed by atoms with E-state index in [1.54, 1.807) is 30.6 Å². The van der Waals surface area contributed by atoms with Crippen molar-refractivity contribution < 1.29 is 9.18 Å². The number of carbonyl (C=O) groups excluding carboxylic acids is 1. The molecule has 0 saturated carbocycles. The van der Waals surface area contributed by atoms with E-state index in [0.717, 1.165) is 5.56 Å². The Morgan fingerprint density at radius 1 is 1.42 bits per heavy atom. The topological polar surface area (TPSA) is 68.0 Å². The van der Waals surface area contributed by atoms with E-state index < -0.39 is 11.9 Å². The number of nitrogens with one attached hydrogen (secondary N) is 1. The summed E-state index contributed by atoms with van der Waals surface area (Å²) in [6.45, 7) is 1.86. The average Bonchev–Trinajstić information content (AvgIpc) is 2.37. The summed E-state index contributed by atoms with van der Waals surface area (Å²) in [6, 6.07) is 6.92. The number of benzene rings is 1. The number of hydrogen-bond donors (Lipinski definition) is 2. The van der Waals surface area contributed by atoms with Crippen molar-refractivity contribution in [2.45, 2.75) is 13.0 Å². The Morgan fingerprint density at radius 3 is 2.84 bits per heavy atom. The highest BCUT2D eigenvalue weighted by Gasteiger charge is 2.19. The molecule has 0 radical (unpaired) electrons. The lowest BCUT2D eigenvalue weighted by molar-refractivity contribution is -0.118. The highest BCUT2D eigenvalue weighted by atomic mass is 19.1. The molecule has 4 nitrogen and oxygen atoms in total. The van der Waals surface area contributed by atoms with Crippen LogP contribution in [0.3, 0.4) is 0 Å². The zero-order chi connectivity index (χ0) is 13.8. The van der Waals surface area contributed by atoms with E-state index in [-0.39, 0.29) is 5.82 Å². The van der Waals surface area contributed by atoms with Gasteiger partial charge in [0.1, 0.15) is 11.9 Å². The fourth-order valence-corrected chi connectivity index (χ4v) is 1.83. The van der Waals surface area contributed by atoms with Crippen LogP contribution in [0.2, 0.25) is 0 Å². The molecule has 1 amide bonds. The van der Waals surface area contributed by atoms with Crippen LogP contribution in [0.4, 0.5) is 10.1 Å². The second kappa shape index (κ2) is 5.48. The van der Waals surface area contributed by atoms with Crippen LogP contribution in [0.25, 0.3) is 0 Å². The molecule has 0 aliphatic carbocycles. The number of amides is 1. The van der Waals surface area contributed by atoms with E-state index in [1.165, 1.54) is 12.1 Å². The molecule has 0 aliphatic heterocycles. The van der Waals surface area contributed by atoms with Crippen LogP contribution in [0, 0.1) is 12.7 Å². The zero-order valence-electron chi connectivity index (χ0n) is 10.4. The van der Waals surface area contributed by atoms with Gasteiger partial charge in [-0.1, -0.05) is 6.07 Å². The molecule has 1 aromatic heterocycles. The molecule has 0 fully saturated rings. The zero-order valence-corrected chi connectivity index (χ0v) is 10.4. The second-order valence-electron chi connectivity index (χ2n) is 4.22. The first-order valence-corrected chi connectivity index (χ1v) is 5.80.